The quantitative estimate of drug-likeness (QED) is 0.654. The molecule has 1 aromatic carbocycles. The SMILES string of the molecule is CCOC(=O)C1(C(=O)O)CC1c1cccc(C)c1. The standard InChI is InChI=1S/C14H16O4/c1-3-18-13(17)14(12(15)16)8-11(14)10-6-4-5-9(2)7-10/h4-7,11H,3,8H2,1-2H3,(H,15,16). The number of hydrogen-bond donors (Lipinski definition) is 1. The van der Waals surface area contributed by atoms with Crippen LogP contribution in [0.3, 0.4) is 0 Å². The highest BCUT2D eigenvalue weighted by atomic mass is 16.5. The van der Waals surface area contributed by atoms with Crippen molar-refractivity contribution in [3.05, 3.63) is 35.4 Å². The van der Waals surface area contributed by atoms with E-state index in [1.54, 1.807) is 6.92 Å². The molecule has 2 rings (SSSR count). The van der Waals surface area contributed by atoms with E-state index in [2.05, 4.69) is 0 Å². The van der Waals surface area contributed by atoms with Gasteiger partial charge in [0.15, 0.2) is 5.41 Å². The number of hydrogen-bond acceptors (Lipinski definition) is 3. The molecule has 1 aliphatic carbocycles. The molecule has 0 saturated heterocycles. The lowest BCUT2D eigenvalue weighted by Crippen LogP contribution is -2.29. The van der Waals surface area contributed by atoms with Crippen LogP contribution in [0.1, 0.15) is 30.4 Å². The molecule has 1 fully saturated rings. The molecule has 18 heavy (non-hydrogen) atoms. The second kappa shape index (κ2) is 4.44. The fraction of sp³-hybridized carbons (Fsp3) is 0.429. The van der Waals surface area contributed by atoms with Crippen LogP contribution < -0.4 is 0 Å². The van der Waals surface area contributed by atoms with Crippen molar-refractivity contribution < 1.29 is 19.4 Å². The first-order valence-corrected chi connectivity index (χ1v) is 5.99. The zero-order chi connectivity index (χ0) is 13.3. The van der Waals surface area contributed by atoms with Gasteiger partial charge in [0.05, 0.1) is 6.61 Å². The van der Waals surface area contributed by atoms with Gasteiger partial charge in [-0.3, -0.25) is 9.59 Å². The molecule has 1 aromatic rings. The van der Waals surface area contributed by atoms with Crippen LogP contribution in [0.25, 0.3) is 0 Å². The van der Waals surface area contributed by atoms with Gasteiger partial charge >= 0.3 is 11.9 Å². The number of esters is 1. The van der Waals surface area contributed by atoms with E-state index >= 15 is 0 Å². The smallest absolute Gasteiger partial charge is 0.324 e. The number of rotatable bonds is 4. The van der Waals surface area contributed by atoms with Crippen molar-refractivity contribution in [1.29, 1.82) is 0 Å². The van der Waals surface area contributed by atoms with Gasteiger partial charge in [0, 0.05) is 5.92 Å². The van der Waals surface area contributed by atoms with Gasteiger partial charge < -0.3 is 9.84 Å². The Morgan fingerprint density at radius 3 is 2.78 bits per heavy atom. The molecule has 1 N–H and O–H groups in total. The molecule has 4 nitrogen and oxygen atoms in total. The maximum atomic E-state index is 11.8. The van der Waals surface area contributed by atoms with Gasteiger partial charge in [-0.2, -0.15) is 0 Å². The molecule has 0 amide bonds. The van der Waals surface area contributed by atoms with Gasteiger partial charge in [0.1, 0.15) is 0 Å². The number of carbonyl (C=O) groups excluding carboxylic acids is 1. The van der Waals surface area contributed by atoms with Crippen molar-refractivity contribution in [2.24, 2.45) is 5.41 Å². The van der Waals surface area contributed by atoms with Gasteiger partial charge in [-0.05, 0) is 25.8 Å². The fourth-order valence-corrected chi connectivity index (χ4v) is 2.36. The number of carboxylic acids is 1. The summed E-state index contributed by atoms with van der Waals surface area (Å²) in [7, 11) is 0. The molecule has 4 heteroatoms. The molecule has 96 valence electrons. The van der Waals surface area contributed by atoms with E-state index < -0.39 is 17.4 Å². The zero-order valence-corrected chi connectivity index (χ0v) is 10.5. The lowest BCUT2D eigenvalue weighted by Gasteiger charge is -2.11. The van der Waals surface area contributed by atoms with Crippen LogP contribution in [-0.2, 0) is 14.3 Å². The lowest BCUT2D eigenvalue weighted by atomic mass is 9.98. The Balaban J connectivity index is 2.28. The molecular formula is C14H16O4. The number of benzene rings is 1. The van der Waals surface area contributed by atoms with Gasteiger partial charge in [-0.25, -0.2) is 0 Å². The Kier molecular flexibility index (Phi) is 3.11. The summed E-state index contributed by atoms with van der Waals surface area (Å²) in [6, 6.07) is 7.61. The van der Waals surface area contributed by atoms with Crippen molar-refractivity contribution >= 4 is 11.9 Å². The normalized spacial score (nSPS) is 25.6. The Hall–Kier alpha value is -1.84. The first-order valence-electron chi connectivity index (χ1n) is 5.99. The van der Waals surface area contributed by atoms with Crippen molar-refractivity contribution in [3.63, 3.8) is 0 Å². The van der Waals surface area contributed by atoms with E-state index in [9.17, 15) is 14.7 Å². The summed E-state index contributed by atoms with van der Waals surface area (Å²) < 4.78 is 4.89. The molecule has 0 radical (unpaired) electrons. The summed E-state index contributed by atoms with van der Waals surface area (Å²) in [5.74, 6) is -1.98. The fourth-order valence-electron chi connectivity index (χ4n) is 2.36. The van der Waals surface area contributed by atoms with Crippen molar-refractivity contribution in [2.75, 3.05) is 6.61 Å². The third kappa shape index (κ3) is 1.88. The van der Waals surface area contributed by atoms with Crippen molar-refractivity contribution in [3.8, 4) is 0 Å². The first kappa shape index (κ1) is 12.6. The van der Waals surface area contributed by atoms with Crippen LogP contribution in [0, 0.1) is 12.3 Å². The van der Waals surface area contributed by atoms with Gasteiger partial charge in [0.25, 0.3) is 0 Å². The third-order valence-electron chi connectivity index (χ3n) is 3.43. The van der Waals surface area contributed by atoms with Gasteiger partial charge in [-0.1, -0.05) is 29.8 Å². The van der Waals surface area contributed by atoms with E-state index in [0.717, 1.165) is 11.1 Å². The first-order chi connectivity index (χ1) is 8.52. The molecule has 0 bridgehead atoms. The highest BCUT2D eigenvalue weighted by Gasteiger charge is 2.68. The van der Waals surface area contributed by atoms with Gasteiger partial charge in [0.2, 0.25) is 0 Å². The van der Waals surface area contributed by atoms with Crippen LogP contribution in [0.5, 0.6) is 0 Å². The van der Waals surface area contributed by atoms with E-state index in [4.69, 9.17) is 4.74 Å². The number of aliphatic carboxylic acids is 1. The Morgan fingerprint density at radius 2 is 2.22 bits per heavy atom. The molecule has 0 spiro atoms. The largest absolute Gasteiger partial charge is 0.480 e. The maximum Gasteiger partial charge on any atom is 0.324 e. The van der Waals surface area contributed by atoms with E-state index in [1.807, 2.05) is 31.2 Å². The van der Waals surface area contributed by atoms with Crippen LogP contribution in [0.15, 0.2) is 24.3 Å². The second-order valence-corrected chi connectivity index (χ2v) is 4.67. The van der Waals surface area contributed by atoms with Crippen LogP contribution in [0.4, 0.5) is 0 Å². The Bertz CT molecular complexity index is 494. The minimum Gasteiger partial charge on any atom is -0.480 e. The highest BCUT2D eigenvalue weighted by molar-refractivity contribution is 6.04. The van der Waals surface area contributed by atoms with Crippen LogP contribution in [0.2, 0.25) is 0 Å². The average Bonchev–Trinajstić information content (AvgIpc) is 3.06. The monoisotopic (exact) mass is 248 g/mol. The van der Waals surface area contributed by atoms with E-state index in [0.29, 0.717) is 6.42 Å². The van der Waals surface area contributed by atoms with Crippen molar-refractivity contribution in [1.82, 2.24) is 0 Å². The number of carbonyl (C=O) groups is 2. The predicted molar refractivity (Wildman–Crippen MR) is 65.2 cm³/mol. The predicted octanol–water partition coefficient (Wildman–Crippen LogP) is 2.12. The number of ether oxygens (including phenoxy) is 1. The third-order valence-corrected chi connectivity index (χ3v) is 3.43. The molecule has 2 atom stereocenters. The lowest BCUT2D eigenvalue weighted by molar-refractivity contribution is -0.161. The second-order valence-electron chi connectivity index (χ2n) is 4.67. The summed E-state index contributed by atoms with van der Waals surface area (Å²) in [6.07, 6.45) is 0.324. The average molecular weight is 248 g/mol. The topological polar surface area (TPSA) is 63.6 Å². The molecule has 1 aliphatic rings. The van der Waals surface area contributed by atoms with Crippen LogP contribution in [-0.4, -0.2) is 23.7 Å². The summed E-state index contributed by atoms with van der Waals surface area (Å²) in [5.41, 5.74) is 0.581. The maximum absolute atomic E-state index is 11.8. The van der Waals surface area contributed by atoms with E-state index in [-0.39, 0.29) is 12.5 Å². The Labute approximate surface area is 106 Å². The molecule has 2 unspecified atom stereocenters. The summed E-state index contributed by atoms with van der Waals surface area (Å²) in [5, 5.41) is 9.30. The number of aryl methyl sites for hydroxylation is 1. The minimum absolute atomic E-state index is 0.203. The summed E-state index contributed by atoms with van der Waals surface area (Å²) in [4.78, 5) is 23.2. The molecular weight excluding hydrogens is 232 g/mol. The molecule has 0 aromatic heterocycles. The van der Waals surface area contributed by atoms with Crippen LogP contribution >= 0.6 is 0 Å². The summed E-state index contributed by atoms with van der Waals surface area (Å²) in [6.45, 7) is 3.82. The molecule has 0 heterocycles. The zero-order valence-electron chi connectivity index (χ0n) is 10.5. The molecule has 1 saturated carbocycles. The number of carboxylic acid groups (broad SMARTS) is 1. The molecule has 0 aliphatic heterocycles. The summed E-state index contributed by atoms with van der Waals surface area (Å²) >= 11 is 0. The van der Waals surface area contributed by atoms with Gasteiger partial charge in [-0.15, -0.1) is 0 Å². The van der Waals surface area contributed by atoms with Crippen molar-refractivity contribution in [2.45, 2.75) is 26.2 Å². The Morgan fingerprint density at radius 1 is 1.50 bits per heavy atom. The highest BCUT2D eigenvalue weighted by Crippen LogP contribution is 2.60. The van der Waals surface area contributed by atoms with E-state index in [1.165, 1.54) is 0 Å². The minimum atomic E-state index is -1.37.